The maximum atomic E-state index is 9.37. The first-order valence-electron chi connectivity index (χ1n) is 2.78. The van der Waals surface area contributed by atoms with E-state index in [0.29, 0.717) is 0 Å². The van der Waals surface area contributed by atoms with Crippen LogP contribution in [-0.4, -0.2) is 5.11 Å². The summed E-state index contributed by atoms with van der Waals surface area (Å²) in [5.41, 5.74) is -0.690. The van der Waals surface area contributed by atoms with Gasteiger partial charge in [-0.25, -0.2) is 0 Å². The lowest BCUT2D eigenvalue weighted by atomic mass is 10.1. The van der Waals surface area contributed by atoms with Crippen LogP contribution in [-0.2, 0) is 5.60 Å². The van der Waals surface area contributed by atoms with Crippen molar-refractivity contribution in [3.63, 3.8) is 0 Å². The number of thiophene rings is 1. The van der Waals surface area contributed by atoms with Crippen LogP contribution >= 0.6 is 11.3 Å². The fourth-order valence-corrected chi connectivity index (χ4v) is 1.25. The molecule has 0 aromatic carbocycles. The van der Waals surface area contributed by atoms with Gasteiger partial charge in [0, 0.05) is 4.88 Å². The minimum Gasteiger partial charge on any atom is -0.385 e. The normalized spacial score (nSPS) is 11.9. The molecule has 0 saturated heterocycles. The summed E-state index contributed by atoms with van der Waals surface area (Å²) < 4.78 is 0. The first-order chi connectivity index (χ1) is 4.11. The number of hydrogen-bond acceptors (Lipinski definition) is 2. The van der Waals surface area contributed by atoms with E-state index >= 15 is 0 Å². The average molecular weight is 141 g/mol. The Kier molecular flexibility index (Phi) is 1.60. The number of aliphatic hydroxyl groups is 1. The molecule has 0 atom stereocenters. The highest BCUT2D eigenvalue weighted by molar-refractivity contribution is 7.10. The molecule has 2 heteroatoms. The highest BCUT2D eigenvalue weighted by atomic mass is 32.1. The van der Waals surface area contributed by atoms with E-state index in [1.54, 1.807) is 13.8 Å². The summed E-state index contributed by atoms with van der Waals surface area (Å²) in [6.45, 7) is 3.54. The van der Waals surface area contributed by atoms with Crippen molar-refractivity contribution in [3.8, 4) is 0 Å². The Balaban J connectivity index is 2.90. The molecule has 0 bridgehead atoms. The van der Waals surface area contributed by atoms with Crippen molar-refractivity contribution < 1.29 is 5.11 Å². The quantitative estimate of drug-likeness (QED) is 0.632. The molecule has 1 N–H and O–H groups in total. The van der Waals surface area contributed by atoms with E-state index in [2.05, 4.69) is 6.07 Å². The molecule has 0 fully saturated rings. The van der Waals surface area contributed by atoms with E-state index in [1.807, 2.05) is 11.4 Å². The second-order valence-electron chi connectivity index (χ2n) is 2.47. The fourth-order valence-electron chi connectivity index (χ4n) is 0.562. The van der Waals surface area contributed by atoms with Gasteiger partial charge in [0.1, 0.15) is 0 Å². The lowest BCUT2D eigenvalue weighted by Gasteiger charge is -2.13. The van der Waals surface area contributed by atoms with Crippen molar-refractivity contribution >= 4 is 11.3 Å². The van der Waals surface area contributed by atoms with Crippen LogP contribution in [0, 0.1) is 6.07 Å². The summed E-state index contributed by atoms with van der Waals surface area (Å²) in [4.78, 5) is 0.961. The highest BCUT2D eigenvalue weighted by Gasteiger charge is 2.15. The topological polar surface area (TPSA) is 20.2 Å². The van der Waals surface area contributed by atoms with Crippen LogP contribution in [0.1, 0.15) is 18.7 Å². The molecule has 1 radical (unpaired) electrons. The van der Waals surface area contributed by atoms with E-state index in [9.17, 15) is 5.11 Å². The predicted molar refractivity (Wildman–Crippen MR) is 38.4 cm³/mol. The van der Waals surface area contributed by atoms with Gasteiger partial charge < -0.3 is 5.11 Å². The molecule has 0 unspecified atom stereocenters. The second kappa shape index (κ2) is 2.12. The summed E-state index contributed by atoms with van der Waals surface area (Å²) in [6.07, 6.45) is 0. The van der Waals surface area contributed by atoms with Crippen LogP contribution in [0.3, 0.4) is 0 Å². The zero-order chi connectivity index (χ0) is 6.91. The summed E-state index contributed by atoms with van der Waals surface area (Å²) in [5, 5.41) is 11.2. The van der Waals surface area contributed by atoms with Crippen LogP contribution in [0.25, 0.3) is 0 Å². The molecule has 49 valence electrons. The maximum absolute atomic E-state index is 9.37. The predicted octanol–water partition coefficient (Wildman–Crippen LogP) is 1.78. The Morgan fingerprint density at radius 1 is 1.67 bits per heavy atom. The second-order valence-corrected chi connectivity index (χ2v) is 3.38. The molecule has 1 aromatic rings. The lowest BCUT2D eigenvalue weighted by molar-refractivity contribution is 0.0825. The van der Waals surface area contributed by atoms with Gasteiger partial charge in [-0.2, -0.15) is 0 Å². The van der Waals surface area contributed by atoms with Crippen molar-refractivity contribution in [1.82, 2.24) is 0 Å². The minimum atomic E-state index is -0.690. The van der Waals surface area contributed by atoms with E-state index in [4.69, 9.17) is 0 Å². The van der Waals surface area contributed by atoms with Crippen LogP contribution < -0.4 is 0 Å². The molecule has 9 heavy (non-hydrogen) atoms. The van der Waals surface area contributed by atoms with Gasteiger partial charge in [0.2, 0.25) is 0 Å². The van der Waals surface area contributed by atoms with E-state index in [-0.39, 0.29) is 0 Å². The third-order valence-electron chi connectivity index (χ3n) is 1.07. The molecular weight excluding hydrogens is 132 g/mol. The first kappa shape index (κ1) is 6.78. The summed E-state index contributed by atoms with van der Waals surface area (Å²) in [6, 6.07) is 4.70. The third kappa shape index (κ3) is 1.53. The van der Waals surface area contributed by atoms with Crippen molar-refractivity contribution in [2.45, 2.75) is 19.4 Å². The largest absolute Gasteiger partial charge is 0.385 e. The van der Waals surface area contributed by atoms with Crippen LogP contribution in [0.4, 0.5) is 0 Å². The summed E-state index contributed by atoms with van der Waals surface area (Å²) in [5.74, 6) is 0. The third-order valence-corrected chi connectivity index (χ3v) is 2.20. The maximum Gasteiger partial charge on any atom is 0.0932 e. The van der Waals surface area contributed by atoms with Gasteiger partial charge >= 0.3 is 0 Å². The fraction of sp³-hybridized carbons (Fsp3) is 0.429. The van der Waals surface area contributed by atoms with E-state index < -0.39 is 5.60 Å². The first-order valence-corrected chi connectivity index (χ1v) is 3.66. The van der Waals surface area contributed by atoms with Crippen molar-refractivity contribution in [2.24, 2.45) is 0 Å². The van der Waals surface area contributed by atoms with Gasteiger partial charge in [-0.1, -0.05) is 0 Å². The van der Waals surface area contributed by atoms with Gasteiger partial charge in [-0.05, 0) is 31.4 Å². The van der Waals surface area contributed by atoms with Crippen LogP contribution in [0.5, 0.6) is 0 Å². The van der Waals surface area contributed by atoms with Crippen molar-refractivity contribution in [2.75, 3.05) is 0 Å². The highest BCUT2D eigenvalue weighted by Crippen LogP contribution is 2.23. The van der Waals surface area contributed by atoms with Crippen LogP contribution in [0.15, 0.2) is 11.4 Å². The Morgan fingerprint density at radius 2 is 2.33 bits per heavy atom. The Bertz CT molecular complexity index is 171. The van der Waals surface area contributed by atoms with Crippen molar-refractivity contribution in [1.29, 1.82) is 0 Å². The molecular formula is C7H9OS. The van der Waals surface area contributed by atoms with Gasteiger partial charge in [0.05, 0.1) is 5.60 Å². The summed E-state index contributed by atoms with van der Waals surface area (Å²) >= 11 is 1.52. The zero-order valence-corrected chi connectivity index (χ0v) is 6.33. The van der Waals surface area contributed by atoms with Crippen LogP contribution in [0.2, 0.25) is 0 Å². The zero-order valence-electron chi connectivity index (χ0n) is 5.51. The SMILES string of the molecule is CC(C)(O)c1c[c]cs1. The molecule has 0 aliphatic rings. The Morgan fingerprint density at radius 3 is 2.56 bits per heavy atom. The molecule has 1 heterocycles. The molecule has 0 aliphatic heterocycles. The van der Waals surface area contributed by atoms with Crippen molar-refractivity contribution in [3.05, 3.63) is 22.4 Å². The lowest BCUT2D eigenvalue weighted by Crippen LogP contribution is -2.12. The minimum absolute atomic E-state index is 0.690. The van der Waals surface area contributed by atoms with Gasteiger partial charge in [-0.3, -0.25) is 0 Å². The Labute approximate surface area is 59.0 Å². The number of rotatable bonds is 1. The average Bonchev–Trinajstić information content (AvgIpc) is 2.08. The Hall–Kier alpha value is -0.340. The molecule has 1 nitrogen and oxygen atoms in total. The van der Waals surface area contributed by atoms with E-state index in [0.717, 1.165) is 4.88 Å². The molecule has 1 rings (SSSR count). The van der Waals surface area contributed by atoms with Gasteiger partial charge in [-0.15, -0.1) is 11.3 Å². The van der Waals surface area contributed by atoms with E-state index in [1.165, 1.54) is 11.3 Å². The molecule has 0 aliphatic carbocycles. The molecule has 0 amide bonds. The van der Waals surface area contributed by atoms with Gasteiger partial charge in [0.25, 0.3) is 0 Å². The summed E-state index contributed by atoms with van der Waals surface area (Å²) in [7, 11) is 0. The molecule has 0 spiro atoms. The van der Waals surface area contributed by atoms with Gasteiger partial charge in [0.15, 0.2) is 0 Å². The smallest absolute Gasteiger partial charge is 0.0932 e. The molecule has 0 saturated carbocycles. The standard InChI is InChI=1S/C7H9OS/c1-7(2,8)6-4-3-5-9-6/h4-5,8H,1-2H3. The molecule has 1 aromatic heterocycles. The monoisotopic (exact) mass is 141 g/mol. The number of hydrogen-bond donors (Lipinski definition) is 1.